The number of carbonyl (C=O) groups is 1. The van der Waals surface area contributed by atoms with Crippen molar-refractivity contribution in [1.82, 2.24) is 4.90 Å². The van der Waals surface area contributed by atoms with E-state index in [1.54, 1.807) is 23.8 Å². The standard InChI is InChI=1S/C8H10S.C5H10N2O.C5H12O/c1-7-3-5-8(9-2)6-4-7;6-5-1-2-7(3-5)4-8;1-5(2,3)6-4/h3-6H,1-2H3;4-5H,1-3,6H2;1-4H3. The molecule has 1 aliphatic rings. The molecule has 0 saturated carbocycles. The zero-order valence-corrected chi connectivity index (χ0v) is 16.2. The van der Waals surface area contributed by atoms with Crippen molar-refractivity contribution in [3.05, 3.63) is 29.8 Å². The molecule has 132 valence electrons. The first-order chi connectivity index (χ1) is 10.7. The molecule has 5 heteroatoms. The van der Waals surface area contributed by atoms with Gasteiger partial charge in [0, 0.05) is 31.1 Å². The number of hydrogen-bond acceptors (Lipinski definition) is 4. The smallest absolute Gasteiger partial charge is 0.209 e. The summed E-state index contributed by atoms with van der Waals surface area (Å²) in [5.74, 6) is 0. The number of carbonyl (C=O) groups excluding carboxylic acids is 1. The van der Waals surface area contributed by atoms with Gasteiger partial charge in [-0.1, -0.05) is 17.7 Å². The van der Waals surface area contributed by atoms with E-state index in [0.29, 0.717) is 0 Å². The maximum absolute atomic E-state index is 10.0. The highest BCUT2D eigenvalue weighted by molar-refractivity contribution is 7.98. The molecular weight excluding hydrogens is 308 g/mol. The first kappa shape index (κ1) is 22.0. The number of nitrogens with two attached hydrogens (primary N) is 1. The van der Waals surface area contributed by atoms with Gasteiger partial charge in [-0.05, 0) is 52.5 Å². The van der Waals surface area contributed by atoms with Crippen molar-refractivity contribution < 1.29 is 9.53 Å². The van der Waals surface area contributed by atoms with Crippen LogP contribution < -0.4 is 5.73 Å². The molecule has 23 heavy (non-hydrogen) atoms. The highest BCUT2D eigenvalue weighted by Crippen LogP contribution is 2.13. The number of thioether (sulfide) groups is 1. The van der Waals surface area contributed by atoms with Gasteiger partial charge in [0.25, 0.3) is 0 Å². The van der Waals surface area contributed by atoms with Gasteiger partial charge in [-0.2, -0.15) is 0 Å². The molecule has 0 aromatic heterocycles. The van der Waals surface area contributed by atoms with E-state index in [-0.39, 0.29) is 11.6 Å². The van der Waals surface area contributed by atoms with Crippen molar-refractivity contribution in [1.29, 1.82) is 0 Å². The molecule has 1 aliphatic heterocycles. The zero-order chi connectivity index (χ0) is 17.9. The molecular formula is C18H32N2O2S. The van der Waals surface area contributed by atoms with E-state index in [9.17, 15) is 4.79 Å². The molecule has 1 aromatic rings. The molecule has 1 amide bonds. The summed E-state index contributed by atoms with van der Waals surface area (Å²) >= 11 is 1.78. The van der Waals surface area contributed by atoms with E-state index in [4.69, 9.17) is 10.5 Å². The van der Waals surface area contributed by atoms with Crippen molar-refractivity contribution in [3.8, 4) is 0 Å². The maximum Gasteiger partial charge on any atom is 0.209 e. The minimum atomic E-state index is 0.0417. The average Bonchev–Trinajstić information content (AvgIpc) is 2.94. The van der Waals surface area contributed by atoms with Gasteiger partial charge in [0.2, 0.25) is 6.41 Å². The summed E-state index contributed by atoms with van der Waals surface area (Å²) in [6.45, 7) is 9.74. The second kappa shape index (κ2) is 11.5. The maximum atomic E-state index is 10.0. The van der Waals surface area contributed by atoms with Crippen molar-refractivity contribution >= 4 is 18.2 Å². The van der Waals surface area contributed by atoms with E-state index >= 15 is 0 Å². The minimum absolute atomic E-state index is 0.0417. The first-order valence-corrected chi connectivity index (χ1v) is 9.05. The molecule has 1 fully saturated rings. The van der Waals surface area contributed by atoms with Crippen molar-refractivity contribution in [2.45, 2.75) is 50.7 Å². The normalized spacial score (nSPS) is 16.8. The molecule has 2 rings (SSSR count). The van der Waals surface area contributed by atoms with Crippen LogP contribution in [0.4, 0.5) is 0 Å². The van der Waals surface area contributed by atoms with Crippen molar-refractivity contribution in [3.63, 3.8) is 0 Å². The van der Waals surface area contributed by atoms with Gasteiger partial charge >= 0.3 is 0 Å². The molecule has 0 bridgehead atoms. The summed E-state index contributed by atoms with van der Waals surface area (Å²) in [7, 11) is 1.71. The Morgan fingerprint density at radius 2 is 1.83 bits per heavy atom. The number of aryl methyl sites for hydroxylation is 1. The summed E-state index contributed by atoms with van der Waals surface area (Å²) in [5, 5.41) is 0. The number of amides is 1. The molecule has 4 nitrogen and oxygen atoms in total. The number of benzene rings is 1. The lowest BCUT2D eigenvalue weighted by molar-refractivity contribution is -0.117. The van der Waals surface area contributed by atoms with Gasteiger partial charge in [-0.25, -0.2) is 0 Å². The topological polar surface area (TPSA) is 55.6 Å². The SMILES string of the molecule is COC(C)(C)C.CSc1ccc(C)cc1.NC1CCN(C=O)C1. The Morgan fingerprint density at radius 3 is 2.09 bits per heavy atom. The molecule has 1 saturated heterocycles. The average molecular weight is 341 g/mol. The summed E-state index contributed by atoms with van der Waals surface area (Å²) in [6.07, 6.45) is 3.90. The highest BCUT2D eigenvalue weighted by atomic mass is 32.2. The summed E-state index contributed by atoms with van der Waals surface area (Å²) < 4.78 is 4.94. The Balaban J connectivity index is 0.000000323. The lowest BCUT2D eigenvalue weighted by Crippen LogP contribution is -2.25. The van der Waals surface area contributed by atoms with Crippen LogP contribution in [0.15, 0.2) is 29.2 Å². The molecule has 1 aromatic carbocycles. The first-order valence-electron chi connectivity index (χ1n) is 7.82. The molecule has 0 aliphatic carbocycles. The predicted molar refractivity (Wildman–Crippen MR) is 100.0 cm³/mol. The van der Waals surface area contributed by atoms with Crippen LogP contribution in [0.5, 0.6) is 0 Å². The van der Waals surface area contributed by atoms with E-state index in [2.05, 4.69) is 37.4 Å². The van der Waals surface area contributed by atoms with Crippen LogP contribution in [0.2, 0.25) is 0 Å². The third-order valence-electron chi connectivity index (χ3n) is 3.27. The largest absolute Gasteiger partial charge is 0.379 e. The van der Waals surface area contributed by atoms with Crippen LogP contribution in [-0.2, 0) is 9.53 Å². The van der Waals surface area contributed by atoms with Gasteiger partial charge in [-0.3, -0.25) is 4.79 Å². The number of methoxy groups -OCH3 is 1. The lowest BCUT2D eigenvalue weighted by atomic mass is 10.2. The van der Waals surface area contributed by atoms with Crippen molar-refractivity contribution in [2.75, 3.05) is 26.5 Å². The van der Waals surface area contributed by atoms with E-state index < -0.39 is 0 Å². The zero-order valence-electron chi connectivity index (χ0n) is 15.3. The van der Waals surface area contributed by atoms with Gasteiger partial charge < -0.3 is 15.4 Å². The van der Waals surface area contributed by atoms with Gasteiger partial charge in [0.15, 0.2) is 0 Å². The second-order valence-electron chi connectivity index (χ2n) is 6.48. The quantitative estimate of drug-likeness (QED) is 0.663. The molecule has 1 heterocycles. The Morgan fingerprint density at radius 1 is 1.30 bits per heavy atom. The van der Waals surface area contributed by atoms with E-state index in [1.165, 1.54) is 10.5 Å². The third kappa shape index (κ3) is 12.1. The van der Waals surface area contributed by atoms with Gasteiger partial charge in [-0.15, -0.1) is 11.8 Å². The van der Waals surface area contributed by atoms with Crippen LogP contribution in [0, 0.1) is 6.92 Å². The molecule has 0 radical (unpaired) electrons. The molecule has 1 atom stereocenters. The van der Waals surface area contributed by atoms with Crippen LogP contribution in [0.3, 0.4) is 0 Å². The fourth-order valence-electron chi connectivity index (χ4n) is 1.59. The summed E-state index contributed by atoms with van der Waals surface area (Å²) in [6, 6.07) is 8.76. The van der Waals surface area contributed by atoms with Crippen LogP contribution in [-0.4, -0.2) is 49.4 Å². The van der Waals surface area contributed by atoms with E-state index in [1.807, 2.05) is 20.8 Å². The van der Waals surface area contributed by atoms with Gasteiger partial charge in [0.05, 0.1) is 5.60 Å². The molecule has 2 N–H and O–H groups in total. The highest BCUT2D eigenvalue weighted by Gasteiger charge is 2.16. The van der Waals surface area contributed by atoms with Crippen LogP contribution >= 0.6 is 11.8 Å². The van der Waals surface area contributed by atoms with E-state index in [0.717, 1.165) is 25.9 Å². The third-order valence-corrected chi connectivity index (χ3v) is 4.02. The number of hydrogen-bond donors (Lipinski definition) is 1. The minimum Gasteiger partial charge on any atom is -0.379 e. The fourth-order valence-corrected chi connectivity index (χ4v) is 1.99. The monoisotopic (exact) mass is 340 g/mol. The Labute approximate surface area is 145 Å². The predicted octanol–water partition coefficient (Wildman–Crippen LogP) is 3.32. The molecule has 1 unspecified atom stereocenters. The Hall–Kier alpha value is -1.04. The van der Waals surface area contributed by atoms with Crippen LogP contribution in [0.1, 0.15) is 32.8 Å². The van der Waals surface area contributed by atoms with Crippen molar-refractivity contribution in [2.24, 2.45) is 5.73 Å². The number of ether oxygens (including phenoxy) is 1. The number of rotatable bonds is 2. The number of nitrogens with zero attached hydrogens (tertiary/aromatic N) is 1. The lowest BCUT2D eigenvalue weighted by Gasteiger charge is -2.14. The fraction of sp³-hybridized carbons (Fsp3) is 0.611. The molecule has 0 spiro atoms. The van der Waals surface area contributed by atoms with Gasteiger partial charge in [0.1, 0.15) is 0 Å². The second-order valence-corrected chi connectivity index (χ2v) is 7.36. The number of likely N-dealkylation sites (tertiary alicyclic amines) is 1. The Bertz CT molecular complexity index is 430. The summed E-state index contributed by atoms with van der Waals surface area (Å²) in [5.41, 5.74) is 6.87. The van der Waals surface area contributed by atoms with Crippen LogP contribution in [0.25, 0.3) is 0 Å². The Kier molecular flexibility index (Phi) is 11.0. The summed E-state index contributed by atoms with van der Waals surface area (Å²) in [4.78, 5) is 13.1.